The van der Waals surface area contributed by atoms with Crippen LogP contribution in [0.3, 0.4) is 0 Å². The zero-order valence-electron chi connectivity index (χ0n) is 15.6. The van der Waals surface area contributed by atoms with Gasteiger partial charge in [0.15, 0.2) is 0 Å². The van der Waals surface area contributed by atoms with Crippen LogP contribution in [0.1, 0.15) is 6.42 Å². The second kappa shape index (κ2) is 7.01. The van der Waals surface area contributed by atoms with E-state index in [1.54, 1.807) is 6.20 Å². The minimum absolute atomic E-state index is 0.531. The van der Waals surface area contributed by atoms with Crippen LogP contribution in [0.15, 0.2) is 55.2 Å². The molecule has 0 radical (unpaired) electrons. The van der Waals surface area contributed by atoms with Crippen molar-refractivity contribution >= 4 is 16.6 Å². The number of anilines is 1. The van der Waals surface area contributed by atoms with Gasteiger partial charge in [0, 0.05) is 54.2 Å². The average Bonchev–Trinajstić information content (AvgIpc) is 3.41. The van der Waals surface area contributed by atoms with Crippen LogP contribution in [0.2, 0.25) is 0 Å². The van der Waals surface area contributed by atoms with Gasteiger partial charge in [-0.3, -0.25) is 20.1 Å². The van der Waals surface area contributed by atoms with E-state index >= 15 is 0 Å². The molecule has 0 amide bonds. The van der Waals surface area contributed by atoms with E-state index in [1.807, 2.05) is 44.0 Å². The molecule has 2 N–H and O–H groups in total. The molecule has 1 atom stereocenters. The largest absolute Gasteiger partial charge is 0.369 e. The van der Waals surface area contributed by atoms with Crippen molar-refractivity contribution in [2.45, 2.75) is 12.5 Å². The molecule has 0 aliphatic carbocycles. The molecule has 5 rings (SSSR count). The first kappa shape index (κ1) is 16.8. The van der Waals surface area contributed by atoms with E-state index in [4.69, 9.17) is 0 Å². The van der Waals surface area contributed by atoms with Crippen molar-refractivity contribution in [3.63, 3.8) is 0 Å². The van der Waals surface area contributed by atoms with Crippen molar-refractivity contribution in [1.82, 2.24) is 30.5 Å². The van der Waals surface area contributed by atoms with Crippen LogP contribution in [0, 0.1) is 0 Å². The maximum Gasteiger partial charge on any atom is 0.102 e. The van der Waals surface area contributed by atoms with Crippen molar-refractivity contribution in [3.05, 3.63) is 55.2 Å². The first-order chi connectivity index (χ1) is 13.8. The molecular weight excluding hydrogens is 350 g/mol. The molecule has 0 bridgehead atoms. The van der Waals surface area contributed by atoms with Crippen LogP contribution in [0.25, 0.3) is 33.4 Å². The Kier molecular flexibility index (Phi) is 4.21. The van der Waals surface area contributed by atoms with Gasteiger partial charge in [0.05, 0.1) is 29.3 Å². The monoisotopic (exact) mass is 371 g/mol. The number of rotatable bonds is 4. The molecule has 7 heteroatoms. The third kappa shape index (κ3) is 2.99. The van der Waals surface area contributed by atoms with Gasteiger partial charge in [0.1, 0.15) is 5.69 Å². The van der Waals surface area contributed by atoms with Gasteiger partial charge in [-0.1, -0.05) is 0 Å². The van der Waals surface area contributed by atoms with Crippen molar-refractivity contribution in [2.75, 3.05) is 25.0 Å². The molecule has 0 spiro atoms. The van der Waals surface area contributed by atoms with Gasteiger partial charge in [-0.25, -0.2) is 0 Å². The number of H-pyrrole nitrogens is 1. The van der Waals surface area contributed by atoms with E-state index in [9.17, 15) is 0 Å². The Labute approximate surface area is 162 Å². The fourth-order valence-electron chi connectivity index (χ4n) is 3.77. The fraction of sp³-hybridized carbons (Fsp3) is 0.238. The van der Waals surface area contributed by atoms with Crippen LogP contribution in [0.5, 0.6) is 0 Å². The van der Waals surface area contributed by atoms with Crippen molar-refractivity contribution in [2.24, 2.45) is 0 Å². The number of nitrogens with zero attached hydrogens (tertiary/aromatic N) is 5. The normalized spacial score (nSPS) is 16.8. The summed E-state index contributed by atoms with van der Waals surface area (Å²) in [6.45, 7) is 2.03. The topological polar surface area (TPSA) is 82.6 Å². The summed E-state index contributed by atoms with van der Waals surface area (Å²) in [5.41, 5.74) is 5.79. The third-order valence-electron chi connectivity index (χ3n) is 5.36. The molecule has 1 aliphatic rings. The van der Waals surface area contributed by atoms with Crippen LogP contribution in [-0.2, 0) is 0 Å². The lowest BCUT2D eigenvalue weighted by atomic mass is 10.1. The number of aromatic amines is 1. The summed E-state index contributed by atoms with van der Waals surface area (Å²) < 4.78 is 0. The van der Waals surface area contributed by atoms with Gasteiger partial charge in [-0.2, -0.15) is 5.10 Å². The maximum absolute atomic E-state index is 4.55. The lowest BCUT2D eigenvalue weighted by molar-refractivity contribution is 0.617. The number of likely N-dealkylation sites (N-methyl/N-ethyl adjacent to an activating group) is 1. The van der Waals surface area contributed by atoms with E-state index in [0.29, 0.717) is 6.04 Å². The summed E-state index contributed by atoms with van der Waals surface area (Å²) in [6.07, 6.45) is 10.4. The number of pyridine rings is 3. The molecule has 5 heterocycles. The SMILES string of the molecule is CNC1CCN(c2cncc(-c3n[nH]c4cnc(-c5cccnc5)cc34)c2)C1. The van der Waals surface area contributed by atoms with E-state index in [0.717, 1.165) is 58.6 Å². The molecule has 0 aromatic carbocycles. The predicted molar refractivity (Wildman–Crippen MR) is 110 cm³/mol. The summed E-state index contributed by atoms with van der Waals surface area (Å²) >= 11 is 0. The van der Waals surface area contributed by atoms with Gasteiger partial charge >= 0.3 is 0 Å². The molecule has 1 unspecified atom stereocenters. The number of fused-ring (bicyclic) bond motifs is 1. The highest BCUT2D eigenvalue weighted by molar-refractivity contribution is 5.94. The number of nitrogens with one attached hydrogen (secondary N) is 2. The molecule has 1 fully saturated rings. The molecule has 28 heavy (non-hydrogen) atoms. The first-order valence-electron chi connectivity index (χ1n) is 9.44. The molecule has 7 nitrogen and oxygen atoms in total. The number of hydrogen-bond donors (Lipinski definition) is 2. The Morgan fingerprint density at radius 3 is 2.86 bits per heavy atom. The standard InChI is InChI=1S/C21H21N7/c1-22-16-4-6-28(13-16)17-7-15(10-24-11-17)21-18-8-19(14-3-2-5-23-9-14)25-12-20(18)26-27-21/h2-3,5,7-12,16,22H,4,6,13H2,1H3,(H,26,27). The van der Waals surface area contributed by atoms with Crippen molar-refractivity contribution < 1.29 is 0 Å². The van der Waals surface area contributed by atoms with Gasteiger partial charge in [0.2, 0.25) is 0 Å². The van der Waals surface area contributed by atoms with Crippen LogP contribution in [0.4, 0.5) is 5.69 Å². The zero-order chi connectivity index (χ0) is 18.9. The van der Waals surface area contributed by atoms with E-state index in [-0.39, 0.29) is 0 Å². The van der Waals surface area contributed by atoms with E-state index in [2.05, 4.69) is 47.5 Å². The lowest BCUT2D eigenvalue weighted by Gasteiger charge is -2.18. The molecule has 1 aliphatic heterocycles. The number of hydrogen-bond acceptors (Lipinski definition) is 6. The van der Waals surface area contributed by atoms with Crippen LogP contribution >= 0.6 is 0 Å². The first-order valence-corrected chi connectivity index (χ1v) is 9.44. The lowest BCUT2D eigenvalue weighted by Crippen LogP contribution is -2.29. The smallest absolute Gasteiger partial charge is 0.102 e. The van der Waals surface area contributed by atoms with Gasteiger partial charge in [-0.15, -0.1) is 0 Å². The third-order valence-corrected chi connectivity index (χ3v) is 5.36. The second-order valence-corrected chi connectivity index (χ2v) is 7.08. The summed E-state index contributed by atoms with van der Waals surface area (Å²) in [6, 6.07) is 8.69. The van der Waals surface area contributed by atoms with Crippen molar-refractivity contribution in [3.8, 4) is 22.5 Å². The van der Waals surface area contributed by atoms with Crippen LogP contribution in [-0.4, -0.2) is 51.3 Å². The summed E-state index contributed by atoms with van der Waals surface area (Å²) in [4.78, 5) is 15.6. The minimum Gasteiger partial charge on any atom is -0.369 e. The quantitative estimate of drug-likeness (QED) is 0.574. The summed E-state index contributed by atoms with van der Waals surface area (Å²) in [5.74, 6) is 0. The fourth-order valence-corrected chi connectivity index (χ4v) is 3.77. The van der Waals surface area contributed by atoms with E-state index in [1.165, 1.54) is 0 Å². The highest BCUT2D eigenvalue weighted by atomic mass is 15.2. The average molecular weight is 371 g/mol. The maximum atomic E-state index is 4.55. The Balaban J connectivity index is 1.54. The predicted octanol–water partition coefficient (Wildman–Crippen LogP) is 2.88. The van der Waals surface area contributed by atoms with Crippen LogP contribution < -0.4 is 10.2 Å². The molecule has 4 aromatic heterocycles. The molecule has 140 valence electrons. The second-order valence-electron chi connectivity index (χ2n) is 7.08. The Bertz CT molecular complexity index is 1110. The summed E-state index contributed by atoms with van der Waals surface area (Å²) in [7, 11) is 2.02. The number of aromatic nitrogens is 5. The van der Waals surface area contributed by atoms with Gasteiger partial charge in [-0.05, 0) is 37.7 Å². The zero-order valence-corrected chi connectivity index (χ0v) is 15.6. The highest BCUT2D eigenvalue weighted by Crippen LogP contribution is 2.31. The summed E-state index contributed by atoms with van der Waals surface area (Å²) in [5, 5.41) is 12.0. The highest BCUT2D eigenvalue weighted by Gasteiger charge is 2.22. The van der Waals surface area contributed by atoms with Gasteiger partial charge in [0.25, 0.3) is 0 Å². The minimum atomic E-state index is 0.531. The van der Waals surface area contributed by atoms with Gasteiger partial charge < -0.3 is 10.2 Å². The Morgan fingerprint density at radius 1 is 1.11 bits per heavy atom. The Hall–Kier alpha value is -3.32. The molecule has 1 saturated heterocycles. The molecular formula is C21H21N7. The Morgan fingerprint density at radius 2 is 2.04 bits per heavy atom. The van der Waals surface area contributed by atoms with Crippen molar-refractivity contribution in [1.29, 1.82) is 0 Å². The molecule has 0 saturated carbocycles. The molecule has 4 aromatic rings. The van der Waals surface area contributed by atoms with E-state index < -0.39 is 0 Å².